The smallest absolute Gasteiger partial charge is 0.161 e. The minimum absolute atomic E-state index is 0.315. The van der Waals surface area contributed by atoms with Gasteiger partial charge < -0.3 is 19.5 Å². The molecule has 0 amide bonds. The highest BCUT2D eigenvalue weighted by atomic mass is 16.5. The van der Waals surface area contributed by atoms with Crippen LogP contribution in [0.3, 0.4) is 0 Å². The molecule has 1 saturated carbocycles. The molecule has 1 aliphatic carbocycles. The molecule has 1 aromatic rings. The molecule has 0 aromatic heterocycles. The van der Waals surface area contributed by atoms with E-state index in [9.17, 15) is 0 Å². The average Bonchev–Trinajstić information content (AvgIpc) is 2.69. The summed E-state index contributed by atoms with van der Waals surface area (Å²) in [5.74, 6) is 1.74. The summed E-state index contributed by atoms with van der Waals surface area (Å²) >= 11 is 0. The Morgan fingerprint density at radius 2 is 2.00 bits per heavy atom. The van der Waals surface area contributed by atoms with E-state index in [0.717, 1.165) is 50.6 Å². The second-order valence-corrected chi connectivity index (χ2v) is 5.89. The fourth-order valence-corrected chi connectivity index (χ4v) is 2.97. The lowest BCUT2D eigenvalue weighted by Gasteiger charge is -2.37. The Balaban J connectivity index is 1.58. The van der Waals surface area contributed by atoms with Crippen LogP contribution in [-0.4, -0.2) is 32.0 Å². The maximum atomic E-state index is 5.76. The molecule has 1 aliphatic heterocycles. The lowest BCUT2D eigenvalue weighted by atomic mass is 9.88. The number of hydrogen-bond acceptors (Lipinski definition) is 4. The molecule has 4 heteroatoms. The van der Waals surface area contributed by atoms with Gasteiger partial charge in [-0.15, -0.1) is 0 Å². The van der Waals surface area contributed by atoms with E-state index in [1.54, 1.807) is 0 Å². The Hall–Kier alpha value is -1.26. The van der Waals surface area contributed by atoms with Crippen molar-refractivity contribution in [3.05, 3.63) is 23.8 Å². The Kier molecular flexibility index (Phi) is 4.66. The number of rotatable bonds is 5. The third-order valence-electron chi connectivity index (χ3n) is 4.25. The summed E-state index contributed by atoms with van der Waals surface area (Å²) in [6, 6.07) is 7.14. The first-order valence-electron chi connectivity index (χ1n) is 8.03. The predicted octanol–water partition coefficient (Wildman–Crippen LogP) is 3.07. The van der Waals surface area contributed by atoms with Crippen molar-refractivity contribution in [2.75, 3.05) is 19.8 Å². The Labute approximate surface area is 126 Å². The van der Waals surface area contributed by atoms with Gasteiger partial charge in [0, 0.05) is 25.1 Å². The zero-order chi connectivity index (χ0) is 14.7. The molecule has 0 radical (unpaired) electrons. The molecule has 1 aromatic carbocycles. The van der Waals surface area contributed by atoms with Crippen LogP contribution < -0.4 is 14.8 Å². The van der Waals surface area contributed by atoms with Crippen LogP contribution in [0.4, 0.5) is 0 Å². The quantitative estimate of drug-likeness (QED) is 0.905. The highest BCUT2D eigenvalue weighted by Gasteiger charge is 2.30. The summed E-state index contributed by atoms with van der Waals surface area (Å²) < 4.78 is 17.0. The van der Waals surface area contributed by atoms with Crippen LogP contribution in [0.5, 0.6) is 11.5 Å². The van der Waals surface area contributed by atoms with E-state index >= 15 is 0 Å². The Morgan fingerprint density at radius 1 is 1.24 bits per heavy atom. The monoisotopic (exact) mass is 291 g/mol. The van der Waals surface area contributed by atoms with Gasteiger partial charge in [-0.25, -0.2) is 0 Å². The molecule has 21 heavy (non-hydrogen) atoms. The van der Waals surface area contributed by atoms with Crippen molar-refractivity contribution in [1.29, 1.82) is 0 Å². The highest BCUT2D eigenvalue weighted by Crippen LogP contribution is 2.33. The van der Waals surface area contributed by atoms with Gasteiger partial charge in [0.15, 0.2) is 11.5 Å². The van der Waals surface area contributed by atoms with Crippen molar-refractivity contribution >= 4 is 0 Å². The third kappa shape index (κ3) is 3.50. The molecule has 1 atom stereocenters. The van der Waals surface area contributed by atoms with Crippen molar-refractivity contribution < 1.29 is 14.2 Å². The van der Waals surface area contributed by atoms with Gasteiger partial charge in [-0.05, 0) is 44.4 Å². The molecule has 3 rings (SSSR count). The molecule has 1 unspecified atom stereocenters. The number of ether oxygens (including phenoxy) is 3. The van der Waals surface area contributed by atoms with Crippen molar-refractivity contribution in [3.8, 4) is 11.5 Å². The maximum Gasteiger partial charge on any atom is 0.161 e. The van der Waals surface area contributed by atoms with Gasteiger partial charge >= 0.3 is 0 Å². The fraction of sp³-hybridized carbons (Fsp3) is 0.647. The molecule has 0 spiro atoms. The van der Waals surface area contributed by atoms with Gasteiger partial charge in [0.2, 0.25) is 0 Å². The predicted molar refractivity (Wildman–Crippen MR) is 82.0 cm³/mol. The molecular weight excluding hydrogens is 266 g/mol. The molecular formula is C17H25NO3. The molecule has 0 bridgehead atoms. The SMILES string of the molecule is CCOC1CC(NC(C)c2ccc3c(c2)OCCCO3)C1. The topological polar surface area (TPSA) is 39.7 Å². The van der Waals surface area contributed by atoms with Gasteiger partial charge in [0.1, 0.15) is 0 Å². The lowest BCUT2D eigenvalue weighted by molar-refractivity contribution is -0.0120. The van der Waals surface area contributed by atoms with Crippen LogP contribution in [0, 0.1) is 0 Å². The summed E-state index contributed by atoms with van der Waals surface area (Å²) in [4.78, 5) is 0. The minimum atomic E-state index is 0.315. The van der Waals surface area contributed by atoms with Gasteiger partial charge in [0.05, 0.1) is 19.3 Å². The molecule has 1 N–H and O–H groups in total. The van der Waals surface area contributed by atoms with E-state index < -0.39 is 0 Å². The van der Waals surface area contributed by atoms with Crippen LogP contribution in [0.2, 0.25) is 0 Å². The highest BCUT2D eigenvalue weighted by molar-refractivity contribution is 5.44. The van der Waals surface area contributed by atoms with Gasteiger partial charge in [0.25, 0.3) is 0 Å². The fourth-order valence-electron chi connectivity index (χ4n) is 2.97. The van der Waals surface area contributed by atoms with E-state index in [0.29, 0.717) is 18.2 Å². The van der Waals surface area contributed by atoms with Crippen molar-refractivity contribution in [1.82, 2.24) is 5.32 Å². The second-order valence-electron chi connectivity index (χ2n) is 5.89. The maximum absolute atomic E-state index is 5.76. The summed E-state index contributed by atoms with van der Waals surface area (Å²) in [5.41, 5.74) is 1.25. The first kappa shape index (κ1) is 14.7. The van der Waals surface area contributed by atoms with Crippen molar-refractivity contribution in [2.45, 2.75) is 51.3 Å². The minimum Gasteiger partial charge on any atom is -0.490 e. The standard InChI is InChI=1S/C17H25NO3/c1-3-19-15-10-14(11-15)18-12(2)13-5-6-16-17(9-13)21-8-4-7-20-16/h5-6,9,12,14-15,18H,3-4,7-8,10-11H2,1-2H3. The van der Waals surface area contributed by atoms with Gasteiger partial charge in [-0.3, -0.25) is 0 Å². The number of fused-ring (bicyclic) bond motifs is 1. The van der Waals surface area contributed by atoms with Crippen LogP contribution in [0.1, 0.15) is 44.7 Å². The average molecular weight is 291 g/mol. The normalized spacial score (nSPS) is 25.8. The van der Waals surface area contributed by atoms with Crippen LogP contribution in [-0.2, 0) is 4.74 Å². The van der Waals surface area contributed by atoms with E-state index in [2.05, 4.69) is 31.3 Å². The summed E-state index contributed by atoms with van der Waals surface area (Å²) in [6.07, 6.45) is 3.62. The molecule has 0 saturated heterocycles. The first-order valence-corrected chi connectivity index (χ1v) is 8.03. The van der Waals surface area contributed by atoms with E-state index in [1.807, 2.05) is 6.07 Å². The zero-order valence-electron chi connectivity index (χ0n) is 12.9. The number of hydrogen-bond donors (Lipinski definition) is 1. The first-order chi connectivity index (χ1) is 10.3. The van der Waals surface area contributed by atoms with Crippen LogP contribution >= 0.6 is 0 Å². The van der Waals surface area contributed by atoms with Crippen molar-refractivity contribution in [2.24, 2.45) is 0 Å². The van der Waals surface area contributed by atoms with Gasteiger partial charge in [-0.1, -0.05) is 6.07 Å². The molecule has 2 aliphatic rings. The van der Waals surface area contributed by atoms with Crippen molar-refractivity contribution in [3.63, 3.8) is 0 Å². The number of nitrogens with one attached hydrogen (secondary N) is 1. The Morgan fingerprint density at radius 3 is 2.76 bits per heavy atom. The zero-order valence-corrected chi connectivity index (χ0v) is 12.9. The summed E-state index contributed by atoms with van der Waals surface area (Å²) in [6.45, 7) is 6.54. The van der Waals surface area contributed by atoms with Crippen LogP contribution in [0.15, 0.2) is 18.2 Å². The Bertz CT molecular complexity index is 471. The number of benzene rings is 1. The summed E-state index contributed by atoms with van der Waals surface area (Å²) in [5, 5.41) is 3.67. The summed E-state index contributed by atoms with van der Waals surface area (Å²) in [7, 11) is 0. The van der Waals surface area contributed by atoms with E-state index in [4.69, 9.17) is 14.2 Å². The molecule has 4 nitrogen and oxygen atoms in total. The largest absolute Gasteiger partial charge is 0.490 e. The molecule has 1 fully saturated rings. The van der Waals surface area contributed by atoms with E-state index in [-0.39, 0.29) is 0 Å². The molecule has 116 valence electrons. The second kappa shape index (κ2) is 6.67. The third-order valence-corrected chi connectivity index (χ3v) is 4.25. The van der Waals surface area contributed by atoms with Crippen LogP contribution in [0.25, 0.3) is 0 Å². The van der Waals surface area contributed by atoms with Gasteiger partial charge in [-0.2, -0.15) is 0 Å². The molecule has 1 heterocycles. The van der Waals surface area contributed by atoms with E-state index in [1.165, 1.54) is 5.56 Å². The lowest BCUT2D eigenvalue weighted by Crippen LogP contribution is -2.46.